The van der Waals surface area contributed by atoms with Gasteiger partial charge in [-0.1, -0.05) is 0 Å². The number of thiophene rings is 2. The van der Waals surface area contributed by atoms with Gasteiger partial charge in [0.15, 0.2) is 0 Å². The first kappa shape index (κ1) is 12.2. The van der Waals surface area contributed by atoms with Gasteiger partial charge in [-0.3, -0.25) is 0 Å². The Morgan fingerprint density at radius 1 is 1.00 bits per heavy atom. The van der Waals surface area contributed by atoms with Gasteiger partial charge >= 0.3 is 128 Å². The van der Waals surface area contributed by atoms with Crippen LogP contribution >= 0.6 is 38.6 Å². The molecule has 3 heterocycles. The Morgan fingerprint density at radius 2 is 1.76 bits per heavy atom. The summed E-state index contributed by atoms with van der Waals surface area (Å²) in [5, 5.41) is 4.35. The maximum atomic E-state index is 3.64. The summed E-state index contributed by atoms with van der Waals surface area (Å²) in [6, 6.07) is 9.00. The zero-order valence-corrected chi connectivity index (χ0v) is 14.6. The summed E-state index contributed by atoms with van der Waals surface area (Å²) >= 11 is 7.19. The van der Waals surface area contributed by atoms with Crippen LogP contribution in [0.25, 0.3) is 18.9 Å². The third kappa shape index (κ3) is 2.34. The molecule has 0 amide bonds. The predicted octanol–water partition coefficient (Wildman–Crippen LogP) is 5.27. The number of halogens is 1. The quantitative estimate of drug-likeness (QED) is 0.480. The molecule has 0 aromatic carbocycles. The van der Waals surface area contributed by atoms with E-state index in [1.807, 2.05) is 22.7 Å². The van der Waals surface area contributed by atoms with Gasteiger partial charge in [0.2, 0.25) is 0 Å². The number of hydrogen-bond acceptors (Lipinski definition) is 2. The van der Waals surface area contributed by atoms with Crippen molar-refractivity contribution in [3.8, 4) is 18.9 Å². The minimum absolute atomic E-state index is 0.109. The van der Waals surface area contributed by atoms with Crippen molar-refractivity contribution in [3.05, 3.63) is 43.1 Å². The SMILES string of the molecule is Cc1ccc(-c2ccsc2-c2sccc2Br)[te]1. The van der Waals surface area contributed by atoms with Crippen molar-refractivity contribution in [2.45, 2.75) is 6.92 Å². The van der Waals surface area contributed by atoms with Crippen LogP contribution in [0.15, 0.2) is 39.5 Å². The van der Waals surface area contributed by atoms with E-state index in [4.69, 9.17) is 0 Å². The first-order valence-electron chi connectivity index (χ1n) is 5.13. The maximum absolute atomic E-state index is 3.64. The summed E-state index contributed by atoms with van der Waals surface area (Å²) < 4.78 is 4.37. The molecule has 0 atom stereocenters. The molecule has 0 aliphatic rings. The van der Waals surface area contributed by atoms with Gasteiger partial charge in [0.25, 0.3) is 0 Å². The number of hydrogen-bond donors (Lipinski definition) is 0. The average Bonchev–Trinajstić information content (AvgIpc) is 2.97. The average molecular weight is 437 g/mol. The topological polar surface area (TPSA) is 0 Å². The molecule has 4 heteroatoms. The van der Waals surface area contributed by atoms with Crippen LogP contribution in [-0.2, 0) is 0 Å². The van der Waals surface area contributed by atoms with Crippen molar-refractivity contribution in [2.24, 2.45) is 0 Å². The van der Waals surface area contributed by atoms with Gasteiger partial charge in [-0.2, -0.15) is 0 Å². The Morgan fingerprint density at radius 3 is 2.41 bits per heavy atom. The molecule has 0 radical (unpaired) electrons. The molecule has 0 bridgehead atoms. The van der Waals surface area contributed by atoms with Gasteiger partial charge in [-0.05, 0) is 0 Å². The van der Waals surface area contributed by atoms with E-state index in [2.05, 4.69) is 57.9 Å². The van der Waals surface area contributed by atoms with E-state index in [0.717, 1.165) is 0 Å². The second-order valence-electron chi connectivity index (χ2n) is 3.67. The van der Waals surface area contributed by atoms with Gasteiger partial charge in [0.1, 0.15) is 0 Å². The number of aryl methyl sites for hydroxylation is 1. The van der Waals surface area contributed by atoms with Gasteiger partial charge < -0.3 is 0 Å². The fourth-order valence-electron chi connectivity index (χ4n) is 1.71. The van der Waals surface area contributed by atoms with E-state index in [9.17, 15) is 0 Å². The van der Waals surface area contributed by atoms with Crippen LogP contribution in [0, 0.1) is 6.92 Å². The van der Waals surface area contributed by atoms with Gasteiger partial charge in [0.05, 0.1) is 0 Å². The molecule has 0 nitrogen and oxygen atoms in total. The minimum atomic E-state index is -0.109. The predicted molar refractivity (Wildman–Crippen MR) is 82.4 cm³/mol. The first-order chi connectivity index (χ1) is 8.25. The van der Waals surface area contributed by atoms with Crippen LogP contribution in [-0.4, -0.2) is 20.4 Å². The summed E-state index contributed by atoms with van der Waals surface area (Å²) in [5.74, 6) is 0. The standard InChI is InChI=1S/C13H9BrS2Te/c1-8-2-3-11(17-8)9-4-6-15-12(9)13-10(14)5-7-16-13/h2-7H,1H3. The Hall–Kier alpha value is 0.150. The third-order valence-corrected chi connectivity index (χ3v) is 8.36. The van der Waals surface area contributed by atoms with E-state index in [1.54, 1.807) is 7.16 Å². The zero-order valence-electron chi connectivity index (χ0n) is 9.07. The van der Waals surface area contributed by atoms with Gasteiger partial charge in [0, 0.05) is 0 Å². The molecule has 3 aromatic rings. The molecule has 17 heavy (non-hydrogen) atoms. The van der Waals surface area contributed by atoms with E-state index < -0.39 is 0 Å². The molecule has 0 aliphatic carbocycles. The third-order valence-electron chi connectivity index (χ3n) is 2.49. The second kappa shape index (κ2) is 5.03. The molecular formula is C13H9BrS2Te. The van der Waals surface area contributed by atoms with Crippen molar-refractivity contribution in [1.29, 1.82) is 0 Å². The molecular weight excluding hydrogens is 428 g/mol. The van der Waals surface area contributed by atoms with Crippen LogP contribution in [0.4, 0.5) is 0 Å². The summed E-state index contributed by atoms with van der Waals surface area (Å²) in [7, 11) is 0. The van der Waals surface area contributed by atoms with Crippen LogP contribution in [0.5, 0.6) is 0 Å². The van der Waals surface area contributed by atoms with Crippen LogP contribution < -0.4 is 0 Å². The molecule has 0 unspecified atom stereocenters. The molecule has 3 aromatic heterocycles. The van der Waals surface area contributed by atoms with E-state index in [1.165, 1.54) is 19.8 Å². The Bertz CT molecular complexity index is 648. The van der Waals surface area contributed by atoms with Gasteiger partial charge in [-0.15, -0.1) is 0 Å². The van der Waals surface area contributed by atoms with Crippen molar-refractivity contribution in [1.82, 2.24) is 0 Å². The molecule has 0 saturated heterocycles. The van der Waals surface area contributed by atoms with Crippen molar-refractivity contribution < 1.29 is 0 Å². The van der Waals surface area contributed by atoms with Crippen molar-refractivity contribution >= 4 is 59.0 Å². The van der Waals surface area contributed by atoms with Crippen molar-refractivity contribution in [3.63, 3.8) is 0 Å². The normalized spacial score (nSPS) is 10.9. The fourth-order valence-corrected chi connectivity index (χ4v) is 7.29. The first-order valence-corrected chi connectivity index (χ1v) is 10.0. The molecule has 0 saturated carbocycles. The Balaban J connectivity index is 2.15. The van der Waals surface area contributed by atoms with E-state index in [-0.39, 0.29) is 20.4 Å². The van der Waals surface area contributed by atoms with Crippen LogP contribution in [0.2, 0.25) is 0 Å². The van der Waals surface area contributed by atoms with Crippen LogP contribution in [0.3, 0.4) is 0 Å². The number of rotatable bonds is 2. The summed E-state index contributed by atoms with van der Waals surface area (Å²) in [6.45, 7) is 2.25. The van der Waals surface area contributed by atoms with Gasteiger partial charge in [-0.25, -0.2) is 0 Å². The monoisotopic (exact) mass is 438 g/mol. The second-order valence-corrected chi connectivity index (χ2v) is 10.0. The van der Waals surface area contributed by atoms with Crippen molar-refractivity contribution in [2.75, 3.05) is 0 Å². The summed E-state index contributed by atoms with van der Waals surface area (Å²) in [6.07, 6.45) is 0. The van der Waals surface area contributed by atoms with E-state index >= 15 is 0 Å². The van der Waals surface area contributed by atoms with Crippen LogP contribution in [0.1, 0.15) is 3.58 Å². The zero-order chi connectivity index (χ0) is 11.8. The molecule has 0 aliphatic heterocycles. The summed E-state index contributed by atoms with van der Waals surface area (Å²) in [4.78, 5) is 2.79. The molecule has 0 spiro atoms. The fraction of sp³-hybridized carbons (Fsp3) is 0.0769. The van der Waals surface area contributed by atoms with E-state index in [0.29, 0.717) is 0 Å². The molecule has 0 fully saturated rings. The summed E-state index contributed by atoms with van der Waals surface area (Å²) in [5.41, 5.74) is 1.45. The molecule has 86 valence electrons. The molecule has 3 rings (SSSR count). The molecule has 0 N–H and O–H groups in total. The Kier molecular flexibility index (Phi) is 3.61. The Labute approximate surface area is 127 Å².